The van der Waals surface area contributed by atoms with Gasteiger partial charge in [-0.3, -0.25) is 9.78 Å². The first-order valence-corrected chi connectivity index (χ1v) is 8.10. The second kappa shape index (κ2) is 5.36. The fourth-order valence-corrected chi connectivity index (χ4v) is 3.89. The molecule has 2 aliphatic heterocycles. The maximum atomic E-state index is 12.9. The highest BCUT2D eigenvalue weighted by Gasteiger charge is 2.38. The number of hydrogen-bond acceptors (Lipinski definition) is 3. The van der Waals surface area contributed by atoms with Crippen LogP contribution in [-0.4, -0.2) is 42.0 Å². The highest BCUT2D eigenvalue weighted by Crippen LogP contribution is 2.37. The van der Waals surface area contributed by atoms with E-state index in [0.29, 0.717) is 5.41 Å². The number of nitrogens with zero attached hydrogens (tertiary/aromatic N) is 2. The molecule has 2 fully saturated rings. The molecule has 1 spiro atoms. The van der Waals surface area contributed by atoms with Gasteiger partial charge in [0.1, 0.15) is 0 Å². The normalized spacial score (nSPS) is 20.6. The van der Waals surface area contributed by atoms with Crippen LogP contribution in [0.5, 0.6) is 0 Å². The topological polar surface area (TPSA) is 45.2 Å². The van der Waals surface area contributed by atoms with Crippen LogP contribution in [0.2, 0.25) is 0 Å². The molecule has 1 aromatic carbocycles. The zero-order valence-electron chi connectivity index (χ0n) is 12.7. The van der Waals surface area contributed by atoms with Crippen LogP contribution in [-0.2, 0) is 0 Å². The Morgan fingerprint density at radius 1 is 1.18 bits per heavy atom. The Kier molecular flexibility index (Phi) is 3.34. The largest absolute Gasteiger partial charge is 0.339 e. The van der Waals surface area contributed by atoms with E-state index < -0.39 is 0 Å². The summed E-state index contributed by atoms with van der Waals surface area (Å²) in [6.07, 6.45) is 7.08. The summed E-state index contributed by atoms with van der Waals surface area (Å²) in [6.45, 7) is 4.00. The van der Waals surface area contributed by atoms with Crippen LogP contribution < -0.4 is 5.32 Å². The van der Waals surface area contributed by atoms with E-state index in [0.717, 1.165) is 55.4 Å². The maximum absolute atomic E-state index is 12.9. The first-order valence-electron chi connectivity index (χ1n) is 8.10. The van der Waals surface area contributed by atoms with Crippen molar-refractivity contribution in [3.63, 3.8) is 0 Å². The van der Waals surface area contributed by atoms with E-state index >= 15 is 0 Å². The molecule has 0 atom stereocenters. The quantitative estimate of drug-likeness (QED) is 0.879. The summed E-state index contributed by atoms with van der Waals surface area (Å²) in [5.41, 5.74) is 1.25. The van der Waals surface area contributed by atoms with Crippen LogP contribution in [0.4, 0.5) is 0 Å². The lowest BCUT2D eigenvalue weighted by Crippen LogP contribution is -2.44. The SMILES string of the molecule is O=C(c1cccc2cnccc12)N1CCC2(CCNC2)CC1. The number of carbonyl (C=O) groups is 1. The summed E-state index contributed by atoms with van der Waals surface area (Å²) in [6, 6.07) is 7.83. The monoisotopic (exact) mass is 295 g/mol. The van der Waals surface area contributed by atoms with Crippen molar-refractivity contribution in [2.45, 2.75) is 19.3 Å². The van der Waals surface area contributed by atoms with E-state index in [2.05, 4.69) is 10.3 Å². The number of rotatable bonds is 1. The lowest BCUT2D eigenvalue weighted by atomic mass is 9.77. The standard InChI is InChI=1S/C18H21N3O/c22-17(16-3-1-2-14-12-19-8-4-15(14)16)21-10-6-18(7-11-21)5-9-20-13-18/h1-4,8,12,20H,5-7,9-11,13H2. The van der Waals surface area contributed by atoms with Crippen LogP contribution in [0.25, 0.3) is 10.8 Å². The van der Waals surface area contributed by atoms with E-state index in [1.807, 2.05) is 35.4 Å². The molecule has 0 aliphatic carbocycles. The van der Waals surface area contributed by atoms with E-state index in [-0.39, 0.29) is 5.91 Å². The summed E-state index contributed by atoms with van der Waals surface area (Å²) < 4.78 is 0. The van der Waals surface area contributed by atoms with Gasteiger partial charge < -0.3 is 10.2 Å². The first kappa shape index (κ1) is 13.7. The molecule has 3 heterocycles. The third-order valence-corrected chi connectivity index (χ3v) is 5.35. The number of benzene rings is 1. The Bertz CT molecular complexity index is 691. The second-order valence-electron chi connectivity index (χ2n) is 6.62. The zero-order chi connectivity index (χ0) is 15.0. The van der Waals surface area contributed by atoms with E-state index in [4.69, 9.17) is 0 Å². The minimum absolute atomic E-state index is 0.164. The Morgan fingerprint density at radius 3 is 2.82 bits per heavy atom. The molecule has 4 rings (SSSR count). The number of fused-ring (bicyclic) bond motifs is 1. The third-order valence-electron chi connectivity index (χ3n) is 5.35. The predicted octanol–water partition coefficient (Wildman–Crippen LogP) is 2.45. The summed E-state index contributed by atoms with van der Waals surface area (Å²) in [4.78, 5) is 19.1. The van der Waals surface area contributed by atoms with Gasteiger partial charge in [0, 0.05) is 43.0 Å². The van der Waals surface area contributed by atoms with Gasteiger partial charge in [-0.05, 0) is 48.7 Å². The van der Waals surface area contributed by atoms with Crippen LogP contribution >= 0.6 is 0 Å². The molecule has 0 saturated carbocycles. The molecule has 1 N–H and O–H groups in total. The van der Waals surface area contributed by atoms with E-state index in [1.54, 1.807) is 6.20 Å². The average molecular weight is 295 g/mol. The zero-order valence-corrected chi connectivity index (χ0v) is 12.7. The van der Waals surface area contributed by atoms with Crippen LogP contribution in [0.15, 0.2) is 36.7 Å². The number of piperidine rings is 1. The molecule has 22 heavy (non-hydrogen) atoms. The molecule has 2 aliphatic rings. The fraction of sp³-hybridized carbons (Fsp3) is 0.444. The van der Waals surface area contributed by atoms with Gasteiger partial charge in [0.05, 0.1) is 0 Å². The number of likely N-dealkylation sites (tertiary alicyclic amines) is 1. The smallest absolute Gasteiger partial charge is 0.254 e. The Labute approximate surface area is 130 Å². The van der Waals surface area contributed by atoms with Crippen molar-refractivity contribution < 1.29 is 4.79 Å². The maximum Gasteiger partial charge on any atom is 0.254 e. The minimum atomic E-state index is 0.164. The third kappa shape index (κ3) is 2.28. The molecular weight excluding hydrogens is 274 g/mol. The Balaban J connectivity index is 1.57. The molecule has 0 bridgehead atoms. The number of amides is 1. The molecule has 114 valence electrons. The van der Waals surface area contributed by atoms with Crippen molar-refractivity contribution >= 4 is 16.7 Å². The number of nitrogens with one attached hydrogen (secondary N) is 1. The molecule has 0 radical (unpaired) electrons. The highest BCUT2D eigenvalue weighted by molar-refractivity contribution is 6.06. The van der Waals surface area contributed by atoms with Gasteiger partial charge in [0.25, 0.3) is 5.91 Å². The van der Waals surface area contributed by atoms with Crippen molar-refractivity contribution in [3.05, 3.63) is 42.2 Å². The molecule has 4 nitrogen and oxygen atoms in total. The molecule has 4 heteroatoms. The van der Waals surface area contributed by atoms with Gasteiger partial charge in [-0.1, -0.05) is 12.1 Å². The van der Waals surface area contributed by atoms with Crippen molar-refractivity contribution in [1.29, 1.82) is 0 Å². The van der Waals surface area contributed by atoms with Crippen molar-refractivity contribution in [2.24, 2.45) is 5.41 Å². The highest BCUT2D eigenvalue weighted by atomic mass is 16.2. The summed E-state index contributed by atoms with van der Waals surface area (Å²) in [7, 11) is 0. The van der Waals surface area contributed by atoms with Gasteiger partial charge in [0.15, 0.2) is 0 Å². The van der Waals surface area contributed by atoms with Gasteiger partial charge >= 0.3 is 0 Å². The lowest BCUT2D eigenvalue weighted by molar-refractivity contribution is 0.0609. The first-order chi connectivity index (χ1) is 10.8. The van der Waals surface area contributed by atoms with Crippen LogP contribution in [0.3, 0.4) is 0 Å². The van der Waals surface area contributed by atoms with Crippen molar-refractivity contribution in [3.8, 4) is 0 Å². The fourth-order valence-electron chi connectivity index (χ4n) is 3.89. The Hall–Kier alpha value is -1.94. The van der Waals surface area contributed by atoms with Gasteiger partial charge in [-0.15, -0.1) is 0 Å². The molecule has 1 aromatic heterocycles. The molecule has 1 amide bonds. The van der Waals surface area contributed by atoms with E-state index in [9.17, 15) is 4.79 Å². The summed E-state index contributed by atoms with van der Waals surface area (Å²) in [5.74, 6) is 0.164. The summed E-state index contributed by atoms with van der Waals surface area (Å²) >= 11 is 0. The lowest BCUT2D eigenvalue weighted by Gasteiger charge is -2.39. The Morgan fingerprint density at radius 2 is 2.05 bits per heavy atom. The van der Waals surface area contributed by atoms with Gasteiger partial charge in [0.2, 0.25) is 0 Å². The number of pyridine rings is 1. The van der Waals surface area contributed by atoms with Crippen molar-refractivity contribution in [2.75, 3.05) is 26.2 Å². The molecule has 2 saturated heterocycles. The van der Waals surface area contributed by atoms with Crippen LogP contribution in [0.1, 0.15) is 29.6 Å². The number of carbonyl (C=O) groups excluding carboxylic acids is 1. The van der Waals surface area contributed by atoms with Gasteiger partial charge in [-0.25, -0.2) is 0 Å². The predicted molar refractivity (Wildman–Crippen MR) is 86.8 cm³/mol. The molecule has 0 unspecified atom stereocenters. The summed E-state index contributed by atoms with van der Waals surface area (Å²) in [5, 5.41) is 5.51. The second-order valence-corrected chi connectivity index (χ2v) is 6.62. The minimum Gasteiger partial charge on any atom is -0.339 e. The average Bonchev–Trinajstić information content (AvgIpc) is 3.02. The van der Waals surface area contributed by atoms with Gasteiger partial charge in [-0.2, -0.15) is 0 Å². The molecular formula is C18H21N3O. The van der Waals surface area contributed by atoms with E-state index in [1.165, 1.54) is 6.42 Å². The molecule has 2 aromatic rings. The number of hydrogen-bond donors (Lipinski definition) is 1. The van der Waals surface area contributed by atoms with Crippen molar-refractivity contribution in [1.82, 2.24) is 15.2 Å². The van der Waals surface area contributed by atoms with Crippen LogP contribution in [0, 0.1) is 5.41 Å². The number of aromatic nitrogens is 1.